The van der Waals surface area contributed by atoms with E-state index in [9.17, 15) is 9.59 Å². The predicted molar refractivity (Wildman–Crippen MR) is 124 cm³/mol. The van der Waals surface area contributed by atoms with E-state index in [1.54, 1.807) is 6.07 Å². The molecule has 0 saturated carbocycles. The quantitative estimate of drug-likeness (QED) is 0.499. The Labute approximate surface area is 189 Å². The Morgan fingerprint density at radius 1 is 1.23 bits per heavy atom. The van der Waals surface area contributed by atoms with E-state index in [1.165, 1.54) is 23.1 Å². The van der Waals surface area contributed by atoms with E-state index in [4.69, 9.17) is 0 Å². The van der Waals surface area contributed by atoms with E-state index in [-0.39, 0.29) is 23.6 Å². The second-order valence-electron chi connectivity index (χ2n) is 7.11. The highest BCUT2D eigenvalue weighted by Crippen LogP contribution is 2.25. The number of amides is 2. The van der Waals surface area contributed by atoms with Gasteiger partial charge in [-0.2, -0.15) is 0 Å². The Morgan fingerprint density at radius 3 is 2.65 bits per heavy atom. The summed E-state index contributed by atoms with van der Waals surface area (Å²) in [6.07, 6.45) is 0. The molecule has 2 N–H and O–H groups in total. The van der Waals surface area contributed by atoms with E-state index in [1.807, 2.05) is 57.4 Å². The minimum Gasteiger partial charge on any atom is -0.345 e. The van der Waals surface area contributed by atoms with Crippen LogP contribution in [-0.4, -0.2) is 36.8 Å². The highest BCUT2D eigenvalue weighted by molar-refractivity contribution is 8.00. The third-order valence-electron chi connectivity index (χ3n) is 4.71. The normalized spacial score (nSPS) is 11.9. The molecule has 0 aliphatic carbocycles. The number of thioether (sulfide) groups is 1. The Kier molecular flexibility index (Phi) is 7.45. The fourth-order valence-electron chi connectivity index (χ4n) is 2.85. The van der Waals surface area contributed by atoms with Gasteiger partial charge in [0.1, 0.15) is 0 Å². The van der Waals surface area contributed by atoms with Crippen LogP contribution in [0.2, 0.25) is 0 Å². The topological polar surface area (TPSA) is 102 Å². The van der Waals surface area contributed by atoms with Crippen LogP contribution in [0, 0.1) is 20.8 Å². The van der Waals surface area contributed by atoms with E-state index in [0.717, 1.165) is 16.1 Å². The second-order valence-corrected chi connectivity index (χ2v) is 9.62. The van der Waals surface area contributed by atoms with Crippen LogP contribution in [0.4, 0.5) is 5.13 Å². The Hall–Kier alpha value is -2.72. The van der Waals surface area contributed by atoms with Gasteiger partial charge >= 0.3 is 0 Å². The zero-order chi connectivity index (χ0) is 22.5. The number of thiazole rings is 1. The van der Waals surface area contributed by atoms with Crippen molar-refractivity contribution >= 4 is 40.0 Å². The first-order valence-corrected chi connectivity index (χ1v) is 11.7. The molecule has 0 bridgehead atoms. The molecule has 0 fully saturated rings. The van der Waals surface area contributed by atoms with Gasteiger partial charge in [0.25, 0.3) is 5.91 Å². The van der Waals surface area contributed by atoms with E-state index in [2.05, 4.69) is 25.8 Å². The molecule has 3 aromatic rings. The smallest absolute Gasteiger partial charge is 0.251 e. The van der Waals surface area contributed by atoms with Crippen LogP contribution < -0.4 is 10.6 Å². The average Bonchev–Trinajstić information content (AvgIpc) is 3.27. The molecular formula is C21H26N6O2S2. The molecule has 8 nitrogen and oxygen atoms in total. The summed E-state index contributed by atoms with van der Waals surface area (Å²) in [6, 6.07) is 7.42. The minimum atomic E-state index is -0.381. The summed E-state index contributed by atoms with van der Waals surface area (Å²) in [4.78, 5) is 30.4. The van der Waals surface area contributed by atoms with Gasteiger partial charge in [0.2, 0.25) is 5.91 Å². The summed E-state index contributed by atoms with van der Waals surface area (Å²) in [6.45, 7) is 10.5. The lowest BCUT2D eigenvalue weighted by atomic mass is 10.1. The van der Waals surface area contributed by atoms with Crippen LogP contribution >= 0.6 is 23.1 Å². The molecule has 2 amide bonds. The van der Waals surface area contributed by atoms with Gasteiger partial charge in [-0.05, 0) is 46.8 Å². The first-order chi connectivity index (χ1) is 14.8. The summed E-state index contributed by atoms with van der Waals surface area (Å²) in [5.74, 6) is 0.342. The number of carbonyl (C=O) groups excluding carboxylic acids is 2. The summed E-state index contributed by atoms with van der Waals surface area (Å²) in [5.41, 5.74) is 2.55. The van der Waals surface area contributed by atoms with Gasteiger partial charge in [-0.15, -0.1) is 21.5 Å². The molecule has 0 saturated heterocycles. The van der Waals surface area contributed by atoms with Gasteiger partial charge in [0.05, 0.1) is 17.5 Å². The third-order valence-corrected chi connectivity index (χ3v) is 6.78. The summed E-state index contributed by atoms with van der Waals surface area (Å²) in [7, 11) is 0. The maximum absolute atomic E-state index is 12.6. The molecule has 10 heteroatoms. The van der Waals surface area contributed by atoms with E-state index in [0.29, 0.717) is 28.2 Å². The van der Waals surface area contributed by atoms with Crippen LogP contribution in [0.15, 0.2) is 29.4 Å². The lowest BCUT2D eigenvalue weighted by molar-refractivity contribution is -0.115. The molecule has 1 atom stereocenters. The number of rotatable bonds is 8. The summed E-state index contributed by atoms with van der Waals surface area (Å²) in [5, 5.41) is 15.1. The van der Waals surface area contributed by atoms with Crippen molar-refractivity contribution in [1.82, 2.24) is 25.1 Å². The number of aryl methyl sites for hydroxylation is 3. The van der Waals surface area contributed by atoms with E-state index >= 15 is 0 Å². The standard InChI is InChI=1S/C21H26N6O2S2/c1-6-27-17(11-22-19(29)16-9-7-8-12(2)10-16)25-26-21(27)31-15(5)18(28)24-20-23-13(3)14(4)30-20/h7-10,15H,6,11H2,1-5H3,(H,22,29)(H,23,24,28). The maximum atomic E-state index is 12.6. The van der Waals surface area contributed by atoms with Crippen molar-refractivity contribution in [1.29, 1.82) is 0 Å². The van der Waals surface area contributed by atoms with Gasteiger partial charge in [0, 0.05) is 17.0 Å². The molecular weight excluding hydrogens is 432 g/mol. The average molecular weight is 459 g/mol. The Bertz CT molecular complexity index is 1070. The third kappa shape index (κ3) is 5.71. The molecule has 0 aliphatic rings. The fraction of sp³-hybridized carbons (Fsp3) is 0.381. The van der Waals surface area contributed by atoms with Crippen molar-refractivity contribution in [2.45, 2.75) is 58.1 Å². The van der Waals surface area contributed by atoms with Crippen molar-refractivity contribution < 1.29 is 9.59 Å². The molecule has 0 radical (unpaired) electrons. The van der Waals surface area contributed by atoms with Crippen molar-refractivity contribution in [2.75, 3.05) is 5.32 Å². The van der Waals surface area contributed by atoms with Crippen molar-refractivity contribution in [3.63, 3.8) is 0 Å². The van der Waals surface area contributed by atoms with Crippen LogP contribution in [0.3, 0.4) is 0 Å². The molecule has 31 heavy (non-hydrogen) atoms. The number of hydrogen-bond acceptors (Lipinski definition) is 7. The fourth-order valence-corrected chi connectivity index (χ4v) is 4.60. The summed E-state index contributed by atoms with van der Waals surface area (Å²) >= 11 is 2.79. The Balaban J connectivity index is 1.62. The van der Waals surface area contributed by atoms with Crippen molar-refractivity contribution in [3.8, 4) is 0 Å². The van der Waals surface area contributed by atoms with Gasteiger partial charge in [-0.3, -0.25) is 9.59 Å². The lowest BCUT2D eigenvalue weighted by Gasteiger charge is -2.12. The molecule has 2 aromatic heterocycles. The lowest BCUT2D eigenvalue weighted by Crippen LogP contribution is -2.25. The Morgan fingerprint density at radius 2 is 2.00 bits per heavy atom. The molecule has 164 valence electrons. The number of nitrogens with one attached hydrogen (secondary N) is 2. The number of benzene rings is 1. The minimum absolute atomic E-state index is 0.140. The zero-order valence-corrected chi connectivity index (χ0v) is 19.9. The summed E-state index contributed by atoms with van der Waals surface area (Å²) < 4.78 is 1.91. The van der Waals surface area contributed by atoms with Gasteiger partial charge in [0.15, 0.2) is 16.1 Å². The number of hydrogen-bond donors (Lipinski definition) is 2. The zero-order valence-electron chi connectivity index (χ0n) is 18.2. The SMILES string of the molecule is CCn1c(CNC(=O)c2cccc(C)c2)nnc1SC(C)C(=O)Nc1nc(C)c(C)s1. The van der Waals surface area contributed by atoms with Crippen LogP contribution in [0.1, 0.15) is 46.2 Å². The van der Waals surface area contributed by atoms with Crippen LogP contribution in [0.25, 0.3) is 0 Å². The monoisotopic (exact) mass is 458 g/mol. The van der Waals surface area contributed by atoms with Gasteiger partial charge in [-0.1, -0.05) is 29.5 Å². The predicted octanol–water partition coefficient (Wildman–Crippen LogP) is 3.73. The number of nitrogens with zero attached hydrogens (tertiary/aromatic N) is 4. The molecule has 3 rings (SSSR count). The second kappa shape index (κ2) is 10.1. The van der Waals surface area contributed by atoms with Gasteiger partial charge in [-0.25, -0.2) is 4.98 Å². The number of carbonyl (C=O) groups is 2. The van der Waals surface area contributed by atoms with Gasteiger partial charge < -0.3 is 15.2 Å². The van der Waals surface area contributed by atoms with Crippen molar-refractivity contribution in [2.24, 2.45) is 0 Å². The largest absolute Gasteiger partial charge is 0.345 e. The molecule has 1 aromatic carbocycles. The van der Waals surface area contributed by atoms with Crippen molar-refractivity contribution in [3.05, 3.63) is 51.8 Å². The van der Waals surface area contributed by atoms with Crippen LogP contribution in [-0.2, 0) is 17.9 Å². The highest BCUT2D eigenvalue weighted by Gasteiger charge is 2.21. The molecule has 0 spiro atoms. The maximum Gasteiger partial charge on any atom is 0.251 e. The molecule has 0 aliphatic heterocycles. The molecule has 1 unspecified atom stereocenters. The van der Waals surface area contributed by atoms with Crippen LogP contribution in [0.5, 0.6) is 0 Å². The first-order valence-electron chi connectivity index (χ1n) is 9.97. The highest BCUT2D eigenvalue weighted by atomic mass is 32.2. The first kappa shape index (κ1) is 23.0. The number of aromatic nitrogens is 4. The molecule has 2 heterocycles. The van der Waals surface area contributed by atoms with E-state index < -0.39 is 0 Å². The number of anilines is 1.